The molecule has 0 aliphatic heterocycles. The molecule has 0 spiro atoms. The van der Waals surface area contributed by atoms with Crippen molar-refractivity contribution in [3.63, 3.8) is 0 Å². The van der Waals surface area contributed by atoms with Crippen molar-refractivity contribution in [3.05, 3.63) is 46.0 Å². The lowest BCUT2D eigenvalue weighted by atomic mass is 10.1. The summed E-state index contributed by atoms with van der Waals surface area (Å²) in [5.41, 5.74) is 1.26. The topological polar surface area (TPSA) is 51.0 Å². The monoisotopic (exact) mass is 359 g/mol. The Morgan fingerprint density at radius 1 is 1.30 bits per heavy atom. The number of aromatic nitrogens is 2. The summed E-state index contributed by atoms with van der Waals surface area (Å²) in [6, 6.07) is 8.55. The number of hydrogen-bond acceptors (Lipinski definition) is 4. The molecule has 1 aromatic carbocycles. The maximum absolute atomic E-state index is 5.27. The van der Waals surface area contributed by atoms with Gasteiger partial charge in [-0.1, -0.05) is 39.3 Å². The zero-order chi connectivity index (χ0) is 13.7. The molecule has 0 fully saturated rings. The summed E-state index contributed by atoms with van der Waals surface area (Å²) in [6.45, 7) is 2.09. The number of hydrogen-bond donors (Lipinski definition) is 1. The minimum absolute atomic E-state index is 0. The molecule has 1 heterocycles. The summed E-state index contributed by atoms with van der Waals surface area (Å²) in [6.07, 6.45) is 2.45. The predicted molar refractivity (Wildman–Crippen MR) is 85.3 cm³/mol. The van der Waals surface area contributed by atoms with Crippen LogP contribution >= 0.6 is 28.3 Å². The van der Waals surface area contributed by atoms with Crippen molar-refractivity contribution in [2.24, 2.45) is 0 Å². The zero-order valence-corrected chi connectivity index (χ0v) is 14.0. The van der Waals surface area contributed by atoms with E-state index in [-0.39, 0.29) is 12.4 Å². The molecule has 2 aromatic rings. The van der Waals surface area contributed by atoms with Gasteiger partial charge >= 0.3 is 0 Å². The van der Waals surface area contributed by atoms with Gasteiger partial charge < -0.3 is 9.84 Å². The van der Waals surface area contributed by atoms with E-state index in [0.29, 0.717) is 11.9 Å². The fraction of sp³-hybridized carbons (Fsp3) is 0.429. The molecule has 0 aliphatic rings. The second kappa shape index (κ2) is 8.39. The zero-order valence-electron chi connectivity index (χ0n) is 11.6. The maximum atomic E-state index is 5.27. The number of nitrogens with one attached hydrogen (secondary N) is 1. The van der Waals surface area contributed by atoms with Crippen molar-refractivity contribution in [3.8, 4) is 0 Å². The average molecular weight is 361 g/mol. The molecule has 6 heteroatoms. The Hall–Kier alpha value is -0.910. The Kier molecular flexibility index (Phi) is 7.19. The molecule has 0 bridgehead atoms. The van der Waals surface area contributed by atoms with E-state index in [2.05, 4.69) is 44.4 Å². The van der Waals surface area contributed by atoms with Crippen LogP contribution in [-0.2, 0) is 19.3 Å². The molecule has 1 unspecified atom stereocenters. The summed E-state index contributed by atoms with van der Waals surface area (Å²) >= 11 is 3.54. The highest BCUT2D eigenvalue weighted by Crippen LogP contribution is 2.17. The first-order valence-electron chi connectivity index (χ1n) is 6.41. The molecule has 110 valence electrons. The normalized spacial score (nSPS) is 11.9. The number of benzene rings is 1. The van der Waals surface area contributed by atoms with Gasteiger partial charge in [0.2, 0.25) is 5.89 Å². The minimum atomic E-state index is 0. The Morgan fingerprint density at radius 3 is 2.75 bits per heavy atom. The van der Waals surface area contributed by atoms with Crippen LogP contribution in [-0.4, -0.2) is 23.2 Å². The van der Waals surface area contributed by atoms with Crippen LogP contribution in [0.3, 0.4) is 0 Å². The highest BCUT2D eigenvalue weighted by molar-refractivity contribution is 9.10. The lowest BCUT2D eigenvalue weighted by Crippen LogP contribution is -2.24. The number of halogens is 2. The van der Waals surface area contributed by atoms with Crippen molar-refractivity contribution in [1.29, 1.82) is 0 Å². The molecule has 0 aliphatic carbocycles. The molecule has 1 atom stereocenters. The first kappa shape index (κ1) is 17.1. The molecule has 4 nitrogen and oxygen atoms in total. The fourth-order valence-corrected chi connectivity index (χ4v) is 2.28. The van der Waals surface area contributed by atoms with E-state index >= 15 is 0 Å². The van der Waals surface area contributed by atoms with Gasteiger partial charge in [-0.05, 0) is 32.0 Å². The average Bonchev–Trinajstić information content (AvgIpc) is 2.85. The van der Waals surface area contributed by atoms with Crippen molar-refractivity contribution in [2.45, 2.75) is 32.2 Å². The van der Waals surface area contributed by atoms with Gasteiger partial charge in [0.1, 0.15) is 0 Å². The number of likely N-dealkylation sites (N-methyl/N-ethyl adjacent to an activating group) is 1. The molecule has 1 N–H and O–H groups in total. The fourth-order valence-electron chi connectivity index (χ4n) is 1.79. The summed E-state index contributed by atoms with van der Waals surface area (Å²) in [5, 5.41) is 7.16. The highest BCUT2D eigenvalue weighted by Gasteiger charge is 2.10. The third kappa shape index (κ3) is 4.89. The molecule has 0 amide bonds. The lowest BCUT2D eigenvalue weighted by molar-refractivity contribution is 0.371. The van der Waals surface area contributed by atoms with Gasteiger partial charge in [0, 0.05) is 23.4 Å². The van der Waals surface area contributed by atoms with Gasteiger partial charge in [-0.15, -0.1) is 12.4 Å². The highest BCUT2D eigenvalue weighted by atomic mass is 79.9. The van der Waals surface area contributed by atoms with Crippen LogP contribution in [0.1, 0.15) is 24.2 Å². The second-order valence-corrected chi connectivity index (χ2v) is 5.44. The smallest absolute Gasteiger partial charge is 0.226 e. The van der Waals surface area contributed by atoms with E-state index in [1.165, 1.54) is 5.56 Å². The molecular weight excluding hydrogens is 342 g/mol. The summed E-state index contributed by atoms with van der Waals surface area (Å²) in [7, 11) is 1.93. The Morgan fingerprint density at radius 2 is 2.05 bits per heavy atom. The van der Waals surface area contributed by atoms with Gasteiger partial charge in [-0.3, -0.25) is 0 Å². The quantitative estimate of drug-likeness (QED) is 0.859. The van der Waals surface area contributed by atoms with Gasteiger partial charge in [0.05, 0.1) is 0 Å². The van der Waals surface area contributed by atoms with Crippen molar-refractivity contribution >= 4 is 28.3 Å². The molecule has 20 heavy (non-hydrogen) atoms. The second-order valence-electron chi connectivity index (χ2n) is 4.59. The van der Waals surface area contributed by atoms with Crippen molar-refractivity contribution in [1.82, 2.24) is 15.5 Å². The van der Waals surface area contributed by atoms with Gasteiger partial charge in [0.15, 0.2) is 5.82 Å². The van der Waals surface area contributed by atoms with Crippen LogP contribution in [0.2, 0.25) is 0 Å². The van der Waals surface area contributed by atoms with Crippen molar-refractivity contribution in [2.75, 3.05) is 7.05 Å². The molecular formula is C14H19BrClN3O. The van der Waals surface area contributed by atoms with Gasteiger partial charge in [-0.2, -0.15) is 4.98 Å². The van der Waals surface area contributed by atoms with Gasteiger partial charge in [0.25, 0.3) is 0 Å². The van der Waals surface area contributed by atoms with Crippen LogP contribution < -0.4 is 5.32 Å². The molecule has 2 rings (SSSR count). The van der Waals surface area contributed by atoms with Crippen molar-refractivity contribution < 1.29 is 4.52 Å². The van der Waals surface area contributed by atoms with E-state index in [1.54, 1.807) is 0 Å². The van der Waals surface area contributed by atoms with E-state index < -0.39 is 0 Å². The minimum Gasteiger partial charge on any atom is -0.339 e. The summed E-state index contributed by atoms with van der Waals surface area (Å²) in [4.78, 5) is 4.41. The van der Waals surface area contributed by atoms with E-state index in [4.69, 9.17) is 4.52 Å². The van der Waals surface area contributed by atoms with Crippen LogP contribution in [0.15, 0.2) is 33.3 Å². The predicted octanol–water partition coefficient (Wildman–Crippen LogP) is 3.19. The first-order chi connectivity index (χ1) is 9.19. The van der Waals surface area contributed by atoms with E-state index in [9.17, 15) is 0 Å². The molecule has 0 saturated carbocycles. The van der Waals surface area contributed by atoms with Crippen LogP contribution in [0, 0.1) is 0 Å². The summed E-state index contributed by atoms with van der Waals surface area (Å²) in [5.74, 6) is 1.47. The third-order valence-electron chi connectivity index (χ3n) is 3.06. The van der Waals surface area contributed by atoms with E-state index in [1.807, 2.05) is 25.2 Å². The molecule has 0 saturated heterocycles. The SMILES string of the molecule is CNC(C)Cc1noc(CCc2ccccc2Br)n1.Cl. The summed E-state index contributed by atoms with van der Waals surface area (Å²) < 4.78 is 6.39. The Bertz CT molecular complexity index is 533. The van der Waals surface area contributed by atoms with Gasteiger partial charge in [-0.25, -0.2) is 0 Å². The number of nitrogens with zero attached hydrogens (tertiary/aromatic N) is 2. The number of rotatable bonds is 6. The van der Waals surface area contributed by atoms with Crippen LogP contribution in [0.5, 0.6) is 0 Å². The lowest BCUT2D eigenvalue weighted by Gasteiger charge is -2.04. The third-order valence-corrected chi connectivity index (χ3v) is 3.83. The standard InChI is InChI=1S/C14H18BrN3O.ClH/c1-10(16-2)9-13-17-14(19-18-13)8-7-11-5-3-4-6-12(11)15;/h3-6,10,16H,7-9H2,1-2H3;1H. The first-order valence-corrected chi connectivity index (χ1v) is 7.20. The number of aryl methyl sites for hydroxylation is 2. The van der Waals surface area contributed by atoms with Crippen LogP contribution in [0.4, 0.5) is 0 Å². The van der Waals surface area contributed by atoms with Crippen LogP contribution in [0.25, 0.3) is 0 Å². The van der Waals surface area contributed by atoms with E-state index in [0.717, 1.165) is 29.6 Å². The Labute approximate surface area is 133 Å². The Balaban J connectivity index is 0.00000200. The largest absolute Gasteiger partial charge is 0.339 e. The maximum Gasteiger partial charge on any atom is 0.226 e. The molecule has 0 radical (unpaired) electrons. The molecule has 1 aromatic heterocycles.